The second-order valence-corrected chi connectivity index (χ2v) is 13.1. The van der Waals surface area contributed by atoms with Gasteiger partial charge in [-0.2, -0.15) is 0 Å². The van der Waals surface area contributed by atoms with Crippen LogP contribution in [0.4, 0.5) is 0 Å². The molecule has 0 aromatic heterocycles. The lowest BCUT2D eigenvalue weighted by Gasteiger charge is -2.46. The van der Waals surface area contributed by atoms with Gasteiger partial charge in [-0.15, -0.1) is 0 Å². The molecule has 4 nitrogen and oxygen atoms in total. The van der Waals surface area contributed by atoms with Gasteiger partial charge in [-0.25, -0.2) is 9.34 Å². The van der Waals surface area contributed by atoms with Crippen molar-refractivity contribution in [2.45, 2.75) is 59.3 Å². The van der Waals surface area contributed by atoms with Gasteiger partial charge in [0.2, 0.25) is 7.29 Å². The van der Waals surface area contributed by atoms with E-state index in [4.69, 9.17) is 0 Å². The van der Waals surface area contributed by atoms with Crippen molar-refractivity contribution in [3.05, 3.63) is 91.0 Å². The predicted molar refractivity (Wildman–Crippen MR) is 143 cm³/mol. The normalized spacial score (nSPS) is 14.2. The number of rotatable bonds is 10. The first-order valence-electron chi connectivity index (χ1n) is 11.7. The van der Waals surface area contributed by atoms with Crippen LogP contribution in [0.1, 0.15) is 41.0 Å². The van der Waals surface area contributed by atoms with Gasteiger partial charge in [0.25, 0.3) is 0 Å². The fourth-order valence-corrected chi connectivity index (χ4v) is 9.69. The zero-order valence-corrected chi connectivity index (χ0v) is 22.2. The van der Waals surface area contributed by atoms with E-state index >= 15 is 4.57 Å². The Morgan fingerprint density at radius 2 is 1.15 bits per heavy atom. The molecule has 0 aliphatic rings. The molecule has 176 valence electrons. The molecule has 0 radical (unpaired) electrons. The maximum absolute atomic E-state index is 15.3. The first kappa shape index (κ1) is 25.7. The van der Waals surface area contributed by atoms with Crippen molar-refractivity contribution in [3.8, 4) is 0 Å². The molecule has 0 fully saturated rings. The number of benzene rings is 3. The van der Waals surface area contributed by atoms with E-state index in [0.29, 0.717) is 6.42 Å². The standard InChI is InChI=1S/C27H36N2O2P2/c1-6-27(28(22(2)3)32(30)24-16-10-7-11-17-24)29(23(4)5)33(31,25-18-12-8-13-19-25)26-20-14-9-15-21-26/h7-23,27,32H,6H2,1-5H3. The molecule has 3 rings (SSSR count). The second kappa shape index (κ2) is 11.4. The molecule has 0 heterocycles. The molecule has 0 aliphatic carbocycles. The van der Waals surface area contributed by atoms with Gasteiger partial charge in [-0.05, 0) is 58.4 Å². The molecule has 6 heteroatoms. The first-order valence-corrected chi connectivity index (χ1v) is 14.7. The molecule has 0 spiro atoms. The van der Waals surface area contributed by atoms with Gasteiger partial charge >= 0.3 is 0 Å². The van der Waals surface area contributed by atoms with Crippen molar-refractivity contribution >= 4 is 31.2 Å². The Hall–Kier alpha value is -1.96. The molecule has 3 aromatic carbocycles. The minimum absolute atomic E-state index is 0.0165. The maximum atomic E-state index is 15.3. The maximum Gasteiger partial charge on any atom is 0.208 e. The van der Waals surface area contributed by atoms with Crippen LogP contribution in [0, 0.1) is 0 Å². The van der Waals surface area contributed by atoms with Crippen molar-refractivity contribution in [1.29, 1.82) is 0 Å². The van der Waals surface area contributed by atoms with Gasteiger partial charge < -0.3 is 4.57 Å². The summed E-state index contributed by atoms with van der Waals surface area (Å²) < 4.78 is 33.4. The van der Waals surface area contributed by atoms with Crippen LogP contribution in [0.25, 0.3) is 0 Å². The summed E-state index contributed by atoms with van der Waals surface area (Å²) in [5, 5.41) is 2.42. The van der Waals surface area contributed by atoms with E-state index in [0.717, 1.165) is 15.9 Å². The average Bonchev–Trinajstić information content (AvgIpc) is 2.84. The van der Waals surface area contributed by atoms with Crippen molar-refractivity contribution in [1.82, 2.24) is 9.34 Å². The molecule has 0 saturated carbocycles. The number of hydrogen-bond acceptors (Lipinski definition) is 2. The summed E-state index contributed by atoms with van der Waals surface area (Å²) in [7, 11) is -5.51. The molecule has 33 heavy (non-hydrogen) atoms. The fraction of sp³-hybridized carbons (Fsp3) is 0.333. The highest BCUT2D eigenvalue weighted by Crippen LogP contribution is 2.53. The van der Waals surface area contributed by atoms with Crippen LogP contribution in [0.15, 0.2) is 91.0 Å². The molecule has 0 amide bonds. The minimum atomic E-state index is -3.22. The van der Waals surface area contributed by atoms with E-state index in [1.165, 1.54) is 0 Å². The van der Waals surface area contributed by atoms with Crippen molar-refractivity contribution in [3.63, 3.8) is 0 Å². The smallest absolute Gasteiger partial charge is 0.208 e. The first-order chi connectivity index (χ1) is 15.8. The fourth-order valence-electron chi connectivity index (χ4n) is 4.49. The monoisotopic (exact) mass is 482 g/mol. The van der Waals surface area contributed by atoms with Gasteiger partial charge in [0.15, 0.2) is 7.95 Å². The Morgan fingerprint density at radius 3 is 1.52 bits per heavy atom. The highest BCUT2D eigenvalue weighted by molar-refractivity contribution is 7.76. The quantitative estimate of drug-likeness (QED) is 0.268. The largest absolute Gasteiger partial charge is 0.305 e. The van der Waals surface area contributed by atoms with Gasteiger partial charge in [-0.3, -0.25) is 4.57 Å². The van der Waals surface area contributed by atoms with E-state index in [2.05, 4.69) is 44.0 Å². The Bertz CT molecular complexity index is 1030. The van der Waals surface area contributed by atoms with Crippen LogP contribution in [-0.4, -0.2) is 27.6 Å². The van der Waals surface area contributed by atoms with Crippen LogP contribution in [0.5, 0.6) is 0 Å². The molecular weight excluding hydrogens is 446 g/mol. The summed E-state index contributed by atoms with van der Waals surface area (Å²) in [4.78, 5) is 0. The highest BCUT2D eigenvalue weighted by Gasteiger charge is 2.43. The molecule has 3 aromatic rings. The van der Waals surface area contributed by atoms with E-state index < -0.39 is 15.2 Å². The highest BCUT2D eigenvalue weighted by atomic mass is 31.2. The Labute approximate surface area is 199 Å². The third kappa shape index (κ3) is 5.42. The SMILES string of the molecule is CCC(N(C(C)C)[PH](=O)c1ccccc1)N(C(C)C)P(=O)(c1ccccc1)c1ccccc1. The number of nitrogens with zero attached hydrogens (tertiary/aromatic N) is 2. The van der Waals surface area contributed by atoms with Gasteiger partial charge in [0, 0.05) is 28.0 Å². The van der Waals surface area contributed by atoms with Crippen molar-refractivity contribution in [2.75, 3.05) is 0 Å². The predicted octanol–water partition coefficient (Wildman–Crippen LogP) is 5.87. The van der Waals surface area contributed by atoms with E-state index in [-0.39, 0.29) is 18.2 Å². The lowest BCUT2D eigenvalue weighted by atomic mass is 10.2. The topological polar surface area (TPSA) is 40.6 Å². The lowest BCUT2D eigenvalue weighted by Crippen LogP contribution is -2.52. The van der Waals surface area contributed by atoms with E-state index in [1.807, 2.05) is 91.0 Å². The molecule has 0 bridgehead atoms. The molecule has 0 N–H and O–H groups in total. The zero-order chi connectivity index (χ0) is 24.0. The van der Waals surface area contributed by atoms with Gasteiger partial charge in [0.1, 0.15) is 0 Å². The molecular formula is C27H36N2O2P2. The summed E-state index contributed by atoms with van der Waals surface area (Å²) in [5.41, 5.74) is 0. The van der Waals surface area contributed by atoms with Crippen LogP contribution in [-0.2, 0) is 9.13 Å². The van der Waals surface area contributed by atoms with Gasteiger partial charge in [0.05, 0.1) is 6.17 Å². The molecule has 0 aliphatic heterocycles. The number of hydrogen-bond donors (Lipinski definition) is 0. The Kier molecular flexibility index (Phi) is 8.90. The van der Waals surface area contributed by atoms with Crippen LogP contribution < -0.4 is 15.9 Å². The van der Waals surface area contributed by atoms with E-state index in [1.54, 1.807) is 0 Å². The third-order valence-corrected chi connectivity index (χ3v) is 11.4. The van der Waals surface area contributed by atoms with Crippen molar-refractivity contribution in [2.24, 2.45) is 0 Å². The van der Waals surface area contributed by atoms with Crippen LogP contribution in [0.2, 0.25) is 0 Å². The molecule has 2 unspecified atom stereocenters. The van der Waals surface area contributed by atoms with Crippen LogP contribution >= 0.6 is 15.2 Å². The minimum Gasteiger partial charge on any atom is -0.305 e. The van der Waals surface area contributed by atoms with Crippen molar-refractivity contribution < 1.29 is 9.13 Å². The molecule has 0 saturated heterocycles. The average molecular weight is 483 g/mol. The summed E-state index contributed by atoms with van der Waals surface area (Å²) in [6.45, 7) is 10.4. The summed E-state index contributed by atoms with van der Waals surface area (Å²) >= 11 is 0. The van der Waals surface area contributed by atoms with E-state index in [9.17, 15) is 4.57 Å². The summed E-state index contributed by atoms with van der Waals surface area (Å²) in [6.07, 6.45) is 0.436. The summed E-state index contributed by atoms with van der Waals surface area (Å²) in [6, 6.07) is 29.1. The van der Waals surface area contributed by atoms with Gasteiger partial charge in [-0.1, -0.05) is 73.7 Å². The third-order valence-electron chi connectivity index (χ3n) is 5.87. The Balaban J connectivity index is 2.21. The second-order valence-electron chi connectivity index (χ2n) is 8.78. The van der Waals surface area contributed by atoms with Crippen LogP contribution in [0.3, 0.4) is 0 Å². The molecule has 2 atom stereocenters. The zero-order valence-electron chi connectivity index (χ0n) is 20.3. The summed E-state index contributed by atoms with van der Waals surface area (Å²) in [5.74, 6) is 0. The lowest BCUT2D eigenvalue weighted by molar-refractivity contribution is 0.131. The Morgan fingerprint density at radius 1 is 0.727 bits per heavy atom.